The van der Waals surface area contributed by atoms with Crippen LogP contribution in [-0.4, -0.2) is 0 Å². The van der Waals surface area contributed by atoms with Crippen molar-refractivity contribution in [3.8, 4) is 0 Å². The van der Waals surface area contributed by atoms with Crippen molar-refractivity contribution in [1.82, 2.24) is 0 Å². The van der Waals surface area contributed by atoms with E-state index in [0.717, 1.165) is 0 Å². The van der Waals surface area contributed by atoms with Gasteiger partial charge in [-0.15, -0.1) is 0 Å². The van der Waals surface area contributed by atoms with Crippen LogP contribution in [0.5, 0.6) is 0 Å². The number of hydrogen-bond acceptors (Lipinski definition) is 6. The first-order chi connectivity index (χ1) is 3.46. The van der Waals surface area contributed by atoms with E-state index in [1.165, 1.54) is 0 Å². The van der Waals surface area contributed by atoms with Crippen molar-refractivity contribution in [1.29, 1.82) is 0 Å². The number of rotatable bonds is 0. The molecule has 0 rings (SSSR count). The Labute approximate surface area is 101 Å². The van der Waals surface area contributed by atoms with Crippen LogP contribution in [0.1, 0.15) is 0 Å². The molecule has 0 unspecified atom stereocenters. The van der Waals surface area contributed by atoms with Crippen molar-refractivity contribution < 1.29 is 103 Å². The minimum absolute atomic E-state index is 0. The second-order valence-electron chi connectivity index (χ2n) is 0.447. The topological polar surface area (TPSA) is 114 Å². The van der Waals surface area contributed by atoms with E-state index in [9.17, 15) is 0 Å². The first kappa shape index (κ1) is 22.7. The SMILES string of the molecule is [Ag+].[Ag+].[O]=[Nb](=[O])[O-].[O]=[Ta](=[O])[O-]. The quantitative estimate of drug-likeness (QED) is 0.283. The van der Waals surface area contributed by atoms with Crippen LogP contribution in [0.3, 0.4) is 0 Å². The molecule has 0 fully saturated rings. The second kappa shape index (κ2) is 17.2. The average molecular weight is 586 g/mol. The molecule has 0 bridgehead atoms. The standard InChI is InChI=1S/2Ag.Nb.6O.Ta/q2*+1;;;;;;2*-1;. The summed E-state index contributed by atoms with van der Waals surface area (Å²) in [5, 5.41) is 0. The maximum atomic E-state index is 8.62. The van der Waals surface area contributed by atoms with E-state index in [1.54, 1.807) is 0 Å². The van der Waals surface area contributed by atoms with E-state index < -0.39 is 37.6 Å². The Morgan fingerprint density at radius 3 is 1.10 bits per heavy atom. The monoisotopic (exact) mass is 584 g/mol. The van der Waals surface area contributed by atoms with E-state index in [-0.39, 0.29) is 44.8 Å². The Hall–Kier alpha value is 2.08. The van der Waals surface area contributed by atoms with Crippen LogP contribution in [0, 0.1) is 0 Å². The molecule has 10 heteroatoms. The van der Waals surface area contributed by atoms with Crippen molar-refractivity contribution in [3.05, 3.63) is 0 Å². The molecule has 0 atom stereocenters. The van der Waals surface area contributed by atoms with Crippen LogP contribution in [0.4, 0.5) is 0 Å². The van der Waals surface area contributed by atoms with Crippen molar-refractivity contribution in [2.75, 3.05) is 0 Å². The van der Waals surface area contributed by atoms with Gasteiger partial charge in [0.25, 0.3) is 0 Å². The first-order valence-corrected chi connectivity index (χ1v) is 7.72. The van der Waals surface area contributed by atoms with E-state index in [4.69, 9.17) is 20.2 Å². The van der Waals surface area contributed by atoms with Crippen LogP contribution >= 0.6 is 0 Å². The molecule has 0 radical (unpaired) electrons. The van der Waals surface area contributed by atoms with E-state index in [2.05, 4.69) is 0 Å². The molecular formula is Ag2NbO6Ta. The molecule has 0 spiro atoms. The summed E-state index contributed by atoms with van der Waals surface area (Å²) in [6, 6.07) is 0. The van der Waals surface area contributed by atoms with Gasteiger partial charge in [-0.3, -0.25) is 0 Å². The summed E-state index contributed by atoms with van der Waals surface area (Å²) in [5.41, 5.74) is 0. The average Bonchev–Trinajstić information content (AvgIpc) is 1.25. The Morgan fingerprint density at radius 1 is 1.10 bits per heavy atom. The zero-order chi connectivity index (χ0) is 7.15. The van der Waals surface area contributed by atoms with E-state index in [0.29, 0.717) is 0 Å². The summed E-state index contributed by atoms with van der Waals surface area (Å²) < 4.78 is 51.7. The second-order valence-corrected chi connectivity index (χ2v) is 3.15. The summed E-state index contributed by atoms with van der Waals surface area (Å²) in [6.45, 7) is 0. The Morgan fingerprint density at radius 2 is 1.10 bits per heavy atom. The third-order valence-electron chi connectivity index (χ3n) is 0. The molecule has 0 aliphatic carbocycles. The molecular weight excluding hydrogens is 586 g/mol. The third-order valence-corrected chi connectivity index (χ3v) is 0. The van der Waals surface area contributed by atoms with E-state index in [1.807, 2.05) is 0 Å². The first-order valence-electron chi connectivity index (χ1n) is 1.10. The zero-order valence-corrected chi connectivity index (χ0v) is 12.3. The maximum absolute atomic E-state index is 8.62. The van der Waals surface area contributed by atoms with Gasteiger partial charge >= 0.3 is 103 Å². The molecule has 0 aromatic rings. The fourth-order valence-corrected chi connectivity index (χ4v) is 0. The summed E-state index contributed by atoms with van der Waals surface area (Å²) in [6.07, 6.45) is 0. The van der Waals surface area contributed by atoms with Crippen molar-refractivity contribution in [2.45, 2.75) is 0 Å². The summed E-state index contributed by atoms with van der Waals surface area (Å²) in [7, 11) is 0. The van der Waals surface area contributed by atoms with Gasteiger partial charge in [0.05, 0.1) is 0 Å². The Balaban J connectivity index is -0.0000000300. The molecule has 0 N–H and O–H groups in total. The fraction of sp³-hybridized carbons (Fsp3) is 0. The molecule has 0 heterocycles. The summed E-state index contributed by atoms with van der Waals surface area (Å²) in [5.74, 6) is 0. The fourth-order valence-electron chi connectivity index (χ4n) is 0. The van der Waals surface area contributed by atoms with Gasteiger partial charge in [-0.1, -0.05) is 0 Å². The third kappa shape index (κ3) is 192. The molecule has 0 aromatic carbocycles. The zero-order valence-electron chi connectivity index (χ0n) is 3.95. The van der Waals surface area contributed by atoms with Gasteiger partial charge in [0, 0.05) is 0 Å². The predicted octanol–water partition coefficient (Wildman–Crippen LogP) is -2.86. The summed E-state index contributed by atoms with van der Waals surface area (Å²) in [4.78, 5) is 0. The van der Waals surface area contributed by atoms with Crippen molar-refractivity contribution in [2.24, 2.45) is 0 Å². The molecule has 0 aliphatic heterocycles. The van der Waals surface area contributed by atoms with Crippen LogP contribution < -0.4 is 7.23 Å². The van der Waals surface area contributed by atoms with Gasteiger partial charge in [-0.05, 0) is 0 Å². The Kier molecular flexibility index (Phi) is 39.2. The molecule has 68 valence electrons. The summed E-state index contributed by atoms with van der Waals surface area (Å²) >= 11 is -8.54. The number of hydrogen-bond donors (Lipinski definition) is 0. The molecule has 0 aromatic heterocycles. The predicted molar refractivity (Wildman–Crippen MR) is 2.75 cm³/mol. The van der Waals surface area contributed by atoms with Gasteiger partial charge in [0.1, 0.15) is 0 Å². The van der Waals surface area contributed by atoms with Crippen molar-refractivity contribution in [3.63, 3.8) is 0 Å². The molecule has 0 saturated heterocycles. The van der Waals surface area contributed by atoms with Gasteiger partial charge in [-0.25, -0.2) is 0 Å². The molecule has 10 heavy (non-hydrogen) atoms. The van der Waals surface area contributed by atoms with Crippen LogP contribution in [0.2, 0.25) is 0 Å². The normalized spacial score (nSPS) is 5.00. The molecule has 0 aliphatic rings. The van der Waals surface area contributed by atoms with Gasteiger partial charge in [0.2, 0.25) is 0 Å². The molecule has 0 amide bonds. The van der Waals surface area contributed by atoms with Crippen molar-refractivity contribution >= 4 is 0 Å². The van der Waals surface area contributed by atoms with Gasteiger partial charge < -0.3 is 0 Å². The minimum atomic E-state index is -4.34. The molecule has 6 nitrogen and oxygen atoms in total. The van der Waals surface area contributed by atoms with Crippen LogP contribution in [0.25, 0.3) is 0 Å². The molecule has 0 saturated carbocycles. The van der Waals surface area contributed by atoms with Gasteiger partial charge in [-0.2, -0.15) is 0 Å². The van der Waals surface area contributed by atoms with Gasteiger partial charge in [0.15, 0.2) is 0 Å². The van der Waals surface area contributed by atoms with Crippen LogP contribution in [0.15, 0.2) is 0 Å². The van der Waals surface area contributed by atoms with E-state index >= 15 is 0 Å². The van der Waals surface area contributed by atoms with Crippen LogP contribution in [-0.2, 0) is 95.3 Å². The Bertz CT molecular complexity index is 133.